The molecule has 98 valence electrons. The van der Waals surface area contributed by atoms with Crippen LogP contribution in [-0.4, -0.2) is 59.0 Å². The fraction of sp³-hybridized carbons (Fsp3) is 0.833. The Morgan fingerprint density at radius 1 is 1.59 bits per heavy atom. The van der Waals surface area contributed by atoms with E-state index in [9.17, 15) is 9.59 Å². The summed E-state index contributed by atoms with van der Waals surface area (Å²) in [5.74, 6) is -0.626. The normalized spacial score (nSPS) is 23.8. The van der Waals surface area contributed by atoms with E-state index < -0.39 is 5.97 Å². The van der Waals surface area contributed by atoms with Crippen molar-refractivity contribution >= 4 is 11.9 Å². The minimum Gasteiger partial charge on any atom is -0.481 e. The molecular weight excluding hydrogens is 220 g/mol. The van der Waals surface area contributed by atoms with Crippen molar-refractivity contribution in [2.75, 3.05) is 20.1 Å². The lowest BCUT2D eigenvalue weighted by Gasteiger charge is -2.41. The first kappa shape index (κ1) is 14.0. The first-order valence-corrected chi connectivity index (χ1v) is 6.17. The van der Waals surface area contributed by atoms with Crippen LogP contribution in [0.15, 0.2) is 0 Å². The molecule has 1 N–H and O–H groups in total. The van der Waals surface area contributed by atoms with Gasteiger partial charge < -0.3 is 10.0 Å². The van der Waals surface area contributed by atoms with Crippen LogP contribution in [-0.2, 0) is 9.59 Å². The Hall–Kier alpha value is -1.10. The number of rotatable bonds is 5. The minimum atomic E-state index is -0.773. The number of hydrogen-bond acceptors (Lipinski definition) is 3. The Bertz CT molecular complexity index is 293. The molecule has 0 bridgehead atoms. The van der Waals surface area contributed by atoms with Gasteiger partial charge in [-0.3, -0.25) is 14.5 Å². The van der Waals surface area contributed by atoms with Gasteiger partial charge in [0.1, 0.15) is 0 Å². The number of aliphatic carboxylic acids is 1. The molecule has 0 aromatic rings. The summed E-state index contributed by atoms with van der Waals surface area (Å²) >= 11 is 0. The van der Waals surface area contributed by atoms with Crippen molar-refractivity contribution < 1.29 is 14.7 Å². The zero-order valence-electron chi connectivity index (χ0n) is 10.8. The molecule has 1 saturated heterocycles. The fourth-order valence-electron chi connectivity index (χ4n) is 2.15. The maximum atomic E-state index is 11.9. The molecule has 0 aromatic carbocycles. The Morgan fingerprint density at radius 2 is 2.24 bits per heavy atom. The molecule has 0 radical (unpaired) electrons. The second-order valence-electron chi connectivity index (χ2n) is 4.80. The highest BCUT2D eigenvalue weighted by Gasteiger charge is 2.31. The third-order valence-corrected chi connectivity index (χ3v) is 3.55. The third kappa shape index (κ3) is 3.70. The van der Waals surface area contributed by atoms with Gasteiger partial charge in [0.15, 0.2) is 0 Å². The number of piperazine rings is 1. The summed E-state index contributed by atoms with van der Waals surface area (Å²) in [4.78, 5) is 26.3. The number of carboxylic acids is 1. The molecule has 17 heavy (non-hydrogen) atoms. The molecule has 0 aliphatic carbocycles. The second-order valence-corrected chi connectivity index (χ2v) is 4.80. The predicted octanol–water partition coefficient (Wildman–Crippen LogP) is 0.792. The molecule has 1 heterocycles. The molecular formula is C12H22N2O3. The van der Waals surface area contributed by atoms with Crippen molar-refractivity contribution in [3.05, 3.63) is 0 Å². The van der Waals surface area contributed by atoms with E-state index in [4.69, 9.17) is 5.11 Å². The lowest BCUT2D eigenvalue weighted by molar-refractivity contribution is -0.141. The molecule has 1 amide bonds. The monoisotopic (exact) mass is 242 g/mol. The quantitative estimate of drug-likeness (QED) is 0.774. The molecule has 5 heteroatoms. The summed E-state index contributed by atoms with van der Waals surface area (Å²) in [6.07, 6.45) is 1.70. The van der Waals surface area contributed by atoms with Crippen molar-refractivity contribution in [3.8, 4) is 0 Å². The standard InChI is InChI=1S/C12H22N2O3/c1-4-9(2)14-7-10(5-6-12(16)17)13(3)8-11(14)15/h9-10H,4-8H2,1-3H3,(H,16,17). The minimum absolute atomic E-state index is 0.147. The first-order chi connectivity index (χ1) is 7.95. The van der Waals surface area contributed by atoms with Gasteiger partial charge in [0, 0.05) is 25.0 Å². The van der Waals surface area contributed by atoms with Gasteiger partial charge in [-0.1, -0.05) is 6.92 Å². The van der Waals surface area contributed by atoms with Gasteiger partial charge >= 0.3 is 5.97 Å². The van der Waals surface area contributed by atoms with Crippen LogP contribution in [0.2, 0.25) is 0 Å². The Kier molecular flexibility index (Phi) is 4.93. The summed E-state index contributed by atoms with van der Waals surface area (Å²) in [6.45, 7) is 5.15. The lowest BCUT2D eigenvalue weighted by Crippen LogP contribution is -2.57. The summed E-state index contributed by atoms with van der Waals surface area (Å²) in [5, 5.41) is 8.70. The average molecular weight is 242 g/mol. The van der Waals surface area contributed by atoms with E-state index in [1.165, 1.54) is 0 Å². The highest BCUT2D eigenvalue weighted by atomic mass is 16.4. The first-order valence-electron chi connectivity index (χ1n) is 6.17. The van der Waals surface area contributed by atoms with Crippen LogP contribution >= 0.6 is 0 Å². The maximum Gasteiger partial charge on any atom is 0.303 e. The van der Waals surface area contributed by atoms with Crippen molar-refractivity contribution in [3.63, 3.8) is 0 Å². The zero-order valence-corrected chi connectivity index (χ0v) is 10.8. The lowest BCUT2D eigenvalue weighted by atomic mass is 10.0. The van der Waals surface area contributed by atoms with E-state index in [0.717, 1.165) is 6.42 Å². The summed E-state index contributed by atoms with van der Waals surface area (Å²) in [6, 6.07) is 0.404. The molecule has 1 fully saturated rings. The van der Waals surface area contributed by atoms with Crippen molar-refractivity contribution in [1.82, 2.24) is 9.80 Å². The molecule has 0 aromatic heterocycles. The molecule has 2 atom stereocenters. The Balaban J connectivity index is 2.60. The summed E-state index contributed by atoms with van der Waals surface area (Å²) in [5.41, 5.74) is 0. The Morgan fingerprint density at radius 3 is 2.76 bits per heavy atom. The van der Waals surface area contributed by atoms with Gasteiger partial charge in [-0.2, -0.15) is 0 Å². The third-order valence-electron chi connectivity index (χ3n) is 3.55. The van der Waals surface area contributed by atoms with Crippen LogP contribution in [0, 0.1) is 0 Å². The summed E-state index contributed by atoms with van der Waals surface area (Å²) < 4.78 is 0. The van der Waals surface area contributed by atoms with Crippen LogP contribution < -0.4 is 0 Å². The molecule has 0 saturated carbocycles. The highest BCUT2D eigenvalue weighted by molar-refractivity contribution is 5.79. The summed E-state index contributed by atoms with van der Waals surface area (Å²) in [7, 11) is 1.89. The van der Waals surface area contributed by atoms with E-state index in [2.05, 4.69) is 6.92 Å². The zero-order chi connectivity index (χ0) is 13.0. The number of likely N-dealkylation sites (N-methyl/N-ethyl adjacent to an activating group) is 1. The molecule has 5 nitrogen and oxygen atoms in total. The van der Waals surface area contributed by atoms with Crippen LogP contribution in [0.4, 0.5) is 0 Å². The SMILES string of the molecule is CCC(C)N1CC(CCC(=O)O)N(C)CC1=O. The number of amides is 1. The van der Waals surface area contributed by atoms with Gasteiger partial charge in [-0.25, -0.2) is 0 Å². The van der Waals surface area contributed by atoms with Gasteiger partial charge in [0.05, 0.1) is 6.54 Å². The van der Waals surface area contributed by atoms with Gasteiger partial charge in [0.2, 0.25) is 5.91 Å². The van der Waals surface area contributed by atoms with Crippen molar-refractivity contribution in [1.29, 1.82) is 0 Å². The van der Waals surface area contributed by atoms with Crippen LogP contribution in [0.25, 0.3) is 0 Å². The fourth-order valence-corrected chi connectivity index (χ4v) is 2.15. The topological polar surface area (TPSA) is 60.9 Å². The Labute approximate surface area is 102 Å². The number of carbonyl (C=O) groups is 2. The molecule has 2 unspecified atom stereocenters. The van der Waals surface area contributed by atoms with Crippen LogP contribution in [0.1, 0.15) is 33.1 Å². The average Bonchev–Trinajstić information content (AvgIpc) is 2.26. The van der Waals surface area contributed by atoms with E-state index in [-0.39, 0.29) is 24.4 Å². The van der Waals surface area contributed by atoms with E-state index >= 15 is 0 Å². The van der Waals surface area contributed by atoms with Crippen molar-refractivity contribution in [2.24, 2.45) is 0 Å². The molecule has 0 spiro atoms. The van der Waals surface area contributed by atoms with Gasteiger partial charge in [0.25, 0.3) is 0 Å². The molecule has 1 rings (SSSR count). The maximum absolute atomic E-state index is 11.9. The van der Waals surface area contributed by atoms with Crippen molar-refractivity contribution in [2.45, 2.75) is 45.2 Å². The predicted molar refractivity (Wildman–Crippen MR) is 64.8 cm³/mol. The van der Waals surface area contributed by atoms with Gasteiger partial charge in [-0.15, -0.1) is 0 Å². The van der Waals surface area contributed by atoms with E-state index in [1.807, 2.05) is 23.8 Å². The largest absolute Gasteiger partial charge is 0.481 e. The van der Waals surface area contributed by atoms with E-state index in [1.54, 1.807) is 0 Å². The highest BCUT2D eigenvalue weighted by Crippen LogP contribution is 2.17. The second kappa shape index (κ2) is 6.00. The number of nitrogens with zero attached hydrogens (tertiary/aromatic N) is 2. The van der Waals surface area contributed by atoms with E-state index in [0.29, 0.717) is 19.5 Å². The van der Waals surface area contributed by atoms with Crippen LogP contribution in [0.5, 0.6) is 0 Å². The molecule has 1 aliphatic rings. The number of carbonyl (C=O) groups excluding carboxylic acids is 1. The number of hydrogen-bond donors (Lipinski definition) is 1. The number of carboxylic acid groups (broad SMARTS) is 1. The molecule has 1 aliphatic heterocycles. The smallest absolute Gasteiger partial charge is 0.303 e. The van der Waals surface area contributed by atoms with Crippen LogP contribution in [0.3, 0.4) is 0 Å². The van der Waals surface area contributed by atoms with Gasteiger partial charge in [-0.05, 0) is 26.8 Å².